The van der Waals surface area contributed by atoms with Gasteiger partial charge in [-0.2, -0.15) is 0 Å². The Bertz CT molecular complexity index is 127. The molecule has 0 aliphatic heterocycles. The Hall–Kier alpha value is -0.0800. The zero-order valence-electron chi connectivity index (χ0n) is 9.01. The summed E-state index contributed by atoms with van der Waals surface area (Å²) in [5, 5.41) is 3.61. The van der Waals surface area contributed by atoms with Crippen molar-refractivity contribution in [2.75, 3.05) is 19.8 Å². The van der Waals surface area contributed by atoms with Crippen LogP contribution in [0.4, 0.5) is 0 Å². The van der Waals surface area contributed by atoms with Crippen LogP contribution in [0.3, 0.4) is 0 Å². The number of hydrogen-bond acceptors (Lipinski definition) is 2. The highest BCUT2D eigenvalue weighted by atomic mass is 16.5. The number of ether oxygens (including phenoxy) is 1. The van der Waals surface area contributed by atoms with Crippen LogP contribution in [0.2, 0.25) is 0 Å². The van der Waals surface area contributed by atoms with Crippen LogP contribution >= 0.6 is 0 Å². The maximum absolute atomic E-state index is 5.29. The van der Waals surface area contributed by atoms with E-state index in [1.807, 2.05) is 6.92 Å². The monoisotopic (exact) mass is 185 g/mol. The molecule has 1 rings (SSSR count). The molecule has 2 atom stereocenters. The molecule has 0 radical (unpaired) electrons. The lowest BCUT2D eigenvalue weighted by Gasteiger charge is -2.16. The molecule has 0 spiro atoms. The third kappa shape index (κ3) is 4.10. The molecule has 0 aromatic carbocycles. The molecule has 78 valence electrons. The highest BCUT2D eigenvalue weighted by molar-refractivity contribution is 4.79. The molecule has 2 unspecified atom stereocenters. The zero-order valence-corrected chi connectivity index (χ0v) is 9.01. The lowest BCUT2D eigenvalue weighted by Crippen LogP contribution is -2.32. The third-order valence-corrected chi connectivity index (χ3v) is 2.94. The molecule has 0 amide bonds. The Morgan fingerprint density at radius 2 is 2.23 bits per heavy atom. The van der Waals surface area contributed by atoms with Crippen LogP contribution in [0.25, 0.3) is 0 Å². The van der Waals surface area contributed by atoms with Gasteiger partial charge in [-0.1, -0.05) is 13.3 Å². The maximum atomic E-state index is 5.29. The van der Waals surface area contributed by atoms with E-state index in [4.69, 9.17) is 4.74 Å². The number of nitrogens with one attached hydrogen (secondary N) is 1. The highest BCUT2D eigenvalue weighted by Gasteiger charge is 2.21. The Kier molecular flexibility index (Phi) is 5.40. The van der Waals surface area contributed by atoms with Crippen molar-refractivity contribution in [1.29, 1.82) is 0 Å². The van der Waals surface area contributed by atoms with E-state index < -0.39 is 0 Å². The van der Waals surface area contributed by atoms with Crippen LogP contribution in [0.1, 0.15) is 39.5 Å². The smallest absolute Gasteiger partial charge is 0.0477 e. The van der Waals surface area contributed by atoms with Crippen LogP contribution in [-0.2, 0) is 4.74 Å². The van der Waals surface area contributed by atoms with Gasteiger partial charge in [0.05, 0.1) is 0 Å². The molecule has 2 nitrogen and oxygen atoms in total. The van der Waals surface area contributed by atoms with E-state index in [1.165, 1.54) is 19.3 Å². The van der Waals surface area contributed by atoms with Gasteiger partial charge in [-0.25, -0.2) is 0 Å². The van der Waals surface area contributed by atoms with E-state index in [9.17, 15) is 0 Å². The quantitative estimate of drug-likeness (QED) is 0.640. The van der Waals surface area contributed by atoms with E-state index in [0.717, 1.165) is 38.1 Å². The fourth-order valence-electron chi connectivity index (χ4n) is 2.05. The first kappa shape index (κ1) is 11.0. The zero-order chi connectivity index (χ0) is 9.52. The van der Waals surface area contributed by atoms with Crippen LogP contribution < -0.4 is 5.32 Å². The van der Waals surface area contributed by atoms with Crippen molar-refractivity contribution in [1.82, 2.24) is 5.32 Å². The Balaban J connectivity index is 1.93. The van der Waals surface area contributed by atoms with Gasteiger partial charge in [0.25, 0.3) is 0 Å². The first-order chi connectivity index (χ1) is 6.34. The lowest BCUT2D eigenvalue weighted by molar-refractivity contribution is 0.143. The van der Waals surface area contributed by atoms with Crippen LogP contribution in [-0.4, -0.2) is 25.8 Å². The van der Waals surface area contributed by atoms with Crippen LogP contribution in [0, 0.1) is 5.92 Å². The highest BCUT2D eigenvalue weighted by Crippen LogP contribution is 2.24. The van der Waals surface area contributed by atoms with E-state index in [1.54, 1.807) is 0 Å². The summed E-state index contributed by atoms with van der Waals surface area (Å²) >= 11 is 0. The van der Waals surface area contributed by atoms with Gasteiger partial charge in [0.2, 0.25) is 0 Å². The van der Waals surface area contributed by atoms with Crippen molar-refractivity contribution in [3.63, 3.8) is 0 Å². The van der Waals surface area contributed by atoms with E-state index in [2.05, 4.69) is 12.2 Å². The molecule has 2 heteroatoms. The van der Waals surface area contributed by atoms with Crippen molar-refractivity contribution in [3.05, 3.63) is 0 Å². The van der Waals surface area contributed by atoms with Gasteiger partial charge in [0.15, 0.2) is 0 Å². The van der Waals surface area contributed by atoms with E-state index in [0.29, 0.717) is 0 Å². The molecule has 1 aliphatic rings. The molecule has 1 aliphatic carbocycles. The normalized spacial score (nSPS) is 28.2. The van der Waals surface area contributed by atoms with Crippen molar-refractivity contribution >= 4 is 0 Å². The average Bonchev–Trinajstić information content (AvgIpc) is 2.52. The number of rotatable bonds is 6. The molecule has 0 aromatic heterocycles. The largest absolute Gasteiger partial charge is 0.382 e. The minimum absolute atomic E-state index is 0.779. The van der Waals surface area contributed by atoms with Gasteiger partial charge in [0, 0.05) is 19.3 Å². The molecule has 1 N–H and O–H groups in total. The summed E-state index contributed by atoms with van der Waals surface area (Å²) in [6.45, 7) is 7.28. The maximum Gasteiger partial charge on any atom is 0.0477 e. The van der Waals surface area contributed by atoms with Crippen molar-refractivity contribution in [2.24, 2.45) is 5.92 Å². The summed E-state index contributed by atoms with van der Waals surface area (Å²) in [4.78, 5) is 0. The second kappa shape index (κ2) is 6.39. The minimum atomic E-state index is 0.779. The topological polar surface area (TPSA) is 21.3 Å². The third-order valence-electron chi connectivity index (χ3n) is 2.94. The SMILES string of the molecule is CCOCCCNC1CCCC1C. The predicted molar refractivity (Wildman–Crippen MR) is 55.9 cm³/mol. The van der Waals surface area contributed by atoms with Crippen molar-refractivity contribution < 1.29 is 4.74 Å². The molecular formula is C11H23NO. The van der Waals surface area contributed by atoms with E-state index >= 15 is 0 Å². The molecule has 0 saturated heterocycles. The summed E-state index contributed by atoms with van der Waals surface area (Å²) in [5.74, 6) is 0.882. The summed E-state index contributed by atoms with van der Waals surface area (Å²) in [6, 6.07) is 0.779. The summed E-state index contributed by atoms with van der Waals surface area (Å²) in [7, 11) is 0. The van der Waals surface area contributed by atoms with Gasteiger partial charge < -0.3 is 10.1 Å². The van der Waals surface area contributed by atoms with Gasteiger partial charge in [-0.15, -0.1) is 0 Å². The van der Waals surface area contributed by atoms with Crippen LogP contribution in [0.15, 0.2) is 0 Å². The van der Waals surface area contributed by atoms with Gasteiger partial charge in [0.1, 0.15) is 0 Å². The molecular weight excluding hydrogens is 162 g/mol. The predicted octanol–water partition coefficient (Wildman–Crippen LogP) is 2.19. The fourth-order valence-corrected chi connectivity index (χ4v) is 2.05. The summed E-state index contributed by atoms with van der Waals surface area (Å²) in [5.41, 5.74) is 0. The van der Waals surface area contributed by atoms with Crippen molar-refractivity contribution in [2.45, 2.75) is 45.6 Å². The average molecular weight is 185 g/mol. The fraction of sp³-hybridized carbons (Fsp3) is 1.00. The molecule has 0 aromatic rings. The summed E-state index contributed by atoms with van der Waals surface area (Å²) in [6.07, 6.45) is 5.33. The Morgan fingerprint density at radius 1 is 1.38 bits per heavy atom. The molecule has 0 bridgehead atoms. The first-order valence-electron chi connectivity index (χ1n) is 5.65. The first-order valence-corrected chi connectivity index (χ1v) is 5.65. The molecule has 0 heterocycles. The Morgan fingerprint density at radius 3 is 2.85 bits per heavy atom. The van der Waals surface area contributed by atoms with Gasteiger partial charge >= 0.3 is 0 Å². The molecule has 1 saturated carbocycles. The van der Waals surface area contributed by atoms with Gasteiger partial charge in [-0.3, -0.25) is 0 Å². The molecule has 1 fully saturated rings. The van der Waals surface area contributed by atoms with Crippen LogP contribution in [0.5, 0.6) is 0 Å². The minimum Gasteiger partial charge on any atom is -0.382 e. The molecule has 13 heavy (non-hydrogen) atoms. The van der Waals surface area contributed by atoms with E-state index in [-0.39, 0.29) is 0 Å². The van der Waals surface area contributed by atoms with Gasteiger partial charge in [-0.05, 0) is 38.6 Å². The lowest BCUT2D eigenvalue weighted by atomic mass is 10.1. The van der Waals surface area contributed by atoms with Crippen molar-refractivity contribution in [3.8, 4) is 0 Å². The summed E-state index contributed by atoms with van der Waals surface area (Å²) < 4.78 is 5.29. The standard InChI is InChI=1S/C11H23NO/c1-3-13-9-5-8-12-11-7-4-6-10(11)2/h10-12H,3-9H2,1-2H3. The second-order valence-corrected chi connectivity index (χ2v) is 4.02. The Labute approximate surface area is 82.0 Å². The number of hydrogen-bond donors (Lipinski definition) is 1. The second-order valence-electron chi connectivity index (χ2n) is 4.02.